The van der Waals surface area contributed by atoms with Gasteiger partial charge in [-0.3, -0.25) is 4.79 Å². The number of nitrogens with one attached hydrogen (secondary N) is 1. The molecule has 138 valence electrons. The Balaban J connectivity index is 1.97. The summed E-state index contributed by atoms with van der Waals surface area (Å²) in [6.45, 7) is 2.36. The summed E-state index contributed by atoms with van der Waals surface area (Å²) in [5.74, 6) is -0.283. The number of alkyl halides is 2. The highest BCUT2D eigenvalue weighted by Crippen LogP contribution is 2.21. The van der Waals surface area contributed by atoms with Gasteiger partial charge < -0.3 is 4.74 Å². The van der Waals surface area contributed by atoms with Gasteiger partial charge in [-0.1, -0.05) is 23.9 Å². The normalized spacial score (nSPS) is 11.5. The molecule has 2 rings (SSSR count). The molecular formula is C17H18F2N4O2S. The summed E-state index contributed by atoms with van der Waals surface area (Å²) in [5, 5.41) is 4.46. The maximum Gasteiger partial charge on any atom is 0.387 e. The first kappa shape index (κ1) is 19.8. The van der Waals surface area contributed by atoms with Gasteiger partial charge in [-0.2, -0.15) is 13.9 Å². The molecule has 0 fully saturated rings. The van der Waals surface area contributed by atoms with E-state index in [4.69, 9.17) is 0 Å². The number of para-hydroxylation sites is 1. The average molecular weight is 380 g/mol. The molecule has 0 atom stereocenters. The van der Waals surface area contributed by atoms with Gasteiger partial charge in [-0.25, -0.2) is 15.4 Å². The Morgan fingerprint density at radius 1 is 1.27 bits per heavy atom. The van der Waals surface area contributed by atoms with Crippen LogP contribution in [0.2, 0.25) is 0 Å². The molecule has 26 heavy (non-hydrogen) atoms. The standard InChI is InChI=1S/C17H18F2N4O2S/c1-10-8-11(2)21-17(20-10)26-9-15(24)23-22-12(3)13-6-4-5-7-14(13)25-16(18)19/h4-8,16H,9H2,1-3H3,(H,23,24)/b22-12+. The molecule has 1 amide bonds. The van der Waals surface area contributed by atoms with Crippen LogP contribution >= 0.6 is 11.8 Å². The van der Waals surface area contributed by atoms with E-state index in [1.807, 2.05) is 19.9 Å². The number of hydrogen-bond donors (Lipinski definition) is 1. The van der Waals surface area contributed by atoms with Gasteiger partial charge >= 0.3 is 6.61 Å². The average Bonchev–Trinajstić information content (AvgIpc) is 2.57. The molecule has 2 aromatic rings. The Hall–Kier alpha value is -2.55. The third kappa shape index (κ3) is 6.07. The largest absolute Gasteiger partial charge is 0.434 e. The van der Waals surface area contributed by atoms with Crippen molar-refractivity contribution < 1.29 is 18.3 Å². The van der Waals surface area contributed by atoms with E-state index in [1.165, 1.54) is 17.8 Å². The van der Waals surface area contributed by atoms with Crippen LogP contribution < -0.4 is 10.2 Å². The lowest BCUT2D eigenvalue weighted by atomic mass is 10.1. The number of benzene rings is 1. The van der Waals surface area contributed by atoms with E-state index >= 15 is 0 Å². The minimum absolute atomic E-state index is 0.00369. The fraction of sp³-hybridized carbons (Fsp3) is 0.294. The highest BCUT2D eigenvalue weighted by molar-refractivity contribution is 7.99. The maximum absolute atomic E-state index is 12.4. The molecule has 0 saturated carbocycles. The van der Waals surface area contributed by atoms with Crippen LogP contribution in [0.5, 0.6) is 5.75 Å². The van der Waals surface area contributed by atoms with Crippen molar-refractivity contribution in [2.45, 2.75) is 32.5 Å². The molecule has 1 heterocycles. The number of thioether (sulfide) groups is 1. The SMILES string of the molecule is C/C(=N\NC(=O)CSc1nc(C)cc(C)n1)c1ccccc1OC(F)F. The Labute approximate surface area is 154 Å². The molecule has 0 aliphatic heterocycles. The minimum atomic E-state index is -2.94. The lowest BCUT2D eigenvalue weighted by Crippen LogP contribution is -2.21. The predicted molar refractivity (Wildman–Crippen MR) is 95.7 cm³/mol. The highest BCUT2D eigenvalue weighted by Gasteiger charge is 2.12. The van der Waals surface area contributed by atoms with Crippen molar-refractivity contribution in [2.24, 2.45) is 5.10 Å². The summed E-state index contributed by atoms with van der Waals surface area (Å²) in [7, 11) is 0. The number of aromatic nitrogens is 2. The zero-order valence-electron chi connectivity index (χ0n) is 14.5. The molecule has 9 heteroatoms. The van der Waals surface area contributed by atoms with Crippen molar-refractivity contribution in [3.63, 3.8) is 0 Å². The van der Waals surface area contributed by atoms with E-state index in [9.17, 15) is 13.6 Å². The van der Waals surface area contributed by atoms with Crippen molar-refractivity contribution in [1.82, 2.24) is 15.4 Å². The second-order valence-corrected chi connectivity index (χ2v) is 6.27. The fourth-order valence-electron chi connectivity index (χ4n) is 2.09. The van der Waals surface area contributed by atoms with Crippen molar-refractivity contribution in [2.75, 3.05) is 5.75 Å². The summed E-state index contributed by atoms with van der Waals surface area (Å²) in [4.78, 5) is 20.4. The van der Waals surface area contributed by atoms with Gasteiger partial charge in [0.25, 0.3) is 5.91 Å². The zero-order chi connectivity index (χ0) is 19.1. The van der Waals surface area contributed by atoms with E-state index in [-0.39, 0.29) is 17.4 Å². The van der Waals surface area contributed by atoms with E-state index < -0.39 is 6.61 Å². The third-order valence-corrected chi connectivity index (χ3v) is 3.98. The molecule has 0 saturated heterocycles. The number of ether oxygens (including phenoxy) is 1. The number of aryl methyl sites for hydroxylation is 2. The molecule has 0 unspecified atom stereocenters. The number of halogens is 2. The summed E-state index contributed by atoms with van der Waals surface area (Å²) in [6, 6.07) is 8.09. The van der Waals surface area contributed by atoms with Crippen LogP contribution in [0, 0.1) is 13.8 Å². The zero-order valence-corrected chi connectivity index (χ0v) is 15.3. The monoisotopic (exact) mass is 380 g/mol. The smallest absolute Gasteiger partial charge is 0.387 e. The number of amides is 1. The second-order valence-electron chi connectivity index (χ2n) is 5.33. The molecule has 6 nitrogen and oxygen atoms in total. The van der Waals surface area contributed by atoms with E-state index in [0.717, 1.165) is 11.4 Å². The van der Waals surface area contributed by atoms with E-state index in [0.29, 0.717) is 16.4 Å². The molecule has 1 aromatic carbocycles. The molecule has 0 bridgehead atoms. The lowest BCUT2D eigenvalue weighted by Gasteiger charge is -2.10. The van der Waals surface area contributed by atoms with Crippen LogP contribution in [-0.2, 0) is 4.79 Å². The molecular weight excluding hydrogens is 362 g/mol. The Kier molecular flexibility index (Phi) is 7.02. The van der Waals surface area contributed by atoms with Crippen molar-refractivity contribution in [1.29, 1.82) is 0 Å². The van der Waals surface area contributed by atoms with Gasteiger partial charge in [0.1, 0.15) is 5.75 Å². The number of rotatable bonds is 7. The van der Waals surface area contributed by atoms with E-state index in [2.05, 4.69) is 25.2 Å². The minimum Gasteiger partial charge on any atom is -0.434 e. The third-order valence-electron chi connectivity index (χ3n) is 3.14. The number of carbonyl (C=O) groups is 1. The summed E-state index contributed by atoms with van der Waals surface area (Å²) >= 11 is 1.19. The van der Waals surface area contributed by atoms with Gasteiger partial charge in [-0.15, -0.1) is 0 Å². The topological polar surface area (TPSA) is 76.5 Å². The number of hydrazone groups is 1. The van der Waals surface area contributed by atoms with Gasteiger partial charge in [0, 0.05) is 17.0 Å². The molecule has 0 aliphatic rings. The van der Waals surface area contributed by atoms with Crippen LogP contribution in [0.4, 0.5) is 8.78 Å². The van der Waals surface area contributed by atoms with Gasteiger partial charge in [0.15, 0.2) is 5.16 Å². The number of nitrogens with zero attached hydrogens (tertiary/aromatic N) is 3. The van der Waals surface area contributed by atoms with Crippen LogP contribution in [0.25, 0.3) is 0 Å². The van der Waals surface area contributed by atoms with Gasteiger partial charge in [-0.05, 0) is 39.0 Å². The number of carbonyl (C=O) groups excluding carboxylic acids is 1. The Morgan fingerprint density at radius 3 is 2.58 bits per heavy atom. The van der Waals surface area contributed by atoms with Gasteiger partial charge in [0.2, 0.25) is 0 Å². The number of hydrogen-bond acceptors (Lipinski definition) is 6. The summed E-state index contributed by atoms with van der Waals surface area (Å²) in [6.07, 6.45) is 0. The van der Waals surface area contributed by atoms with Crippen molar-refractivity contribution >= 4 is 23.4 Å². The lowest BCUT2D eigenvalue weighted by molar-refractivity contribution is -0.118. The van der Waals surface area contributed by atoms with Crippen LogP contribution in [0.15, 0.2) is 40.6 Å². The summed E-state index contributed by atoms with van der Waals surface area (Å²) < 4.78 is 29.4. The first-order valence-corrected chi connectivity index (χ1v) is 8.66. The van der Waals surface area contributed by atoms with Crippen molar-refractivity contribution in [3.8, 4) is 5.75 Å². The molecule has 0 aliphatic carbocycles. The molecule has 0 spiro atoms. The maximum atomic E-state index is 12.4. The first-order chi connectivity index (χ1) is 12.3. The summed E-state index contributed by atoms with van der Waals surface area (Å²) in [5.41, 5.74) is 4.76. The molecule has 1 aromatic heterocycles. The van der Waals surface area contributed by atoms with Gasteiger partial charge in [0.05, 0.1) is 11.5 Å². The van der Waals surface area contributed by atoms with E-state index in [1.54, 1.807) is 25.1 Å². The quantitative estimate of drug-likeness (QED) is 0.345. The predicted octanol–water partition coefficient (Wildman–Crippen LogP) is 3.33. The van der Waals surface area contributed by atoms with Crippen LogP contribution in [-0.4, -0.2) is 34.0 Å². The fourth-order valence-corrected chi connectivity index (χ4v) is 2.83. The highest BCUT2D eigenvalue weighted by atomic mass is 32.2. The first-order valence-electron chi connectivity index (χ1n) is 7.67. The molecule has 0 radical (unpaired) electrons. The van der Waals surface area contributed by atoms with Crippen molar-refractivity contribution in [3.05, 3.63) is 47.3 Å². The molecule has 1 N–H and O–H groups in total. The van der Waals surface area contributed by atoms with Crippen LogP contribution in [0.3, 0.4) is 0 Å². The Morgan fingerprint density at radius 2 is 1.92 bits per heavy atom. The second kappa shape index (κ2) is 9.23. The Bertz CT molecular complexity index is 795. The van der Waals surface area contributed by atoms with Crippen LogP contribution in [0.1, 0.15) is 23.9 Å².